The molecule has 0 spiro atoms. The monoisotopic (exact) mass is 176 g/mol. The predicted molar refractivity (Wildman–Crippen MR) is 57.6 cm³/mol. The van der Waals surface area contributed by atoms with E-state index in [-0.39, 0.29) is 0 Å². The molecule has 0 heteroatoms. The zero-order valence-corrected chi connectivity index (χ0v) is 8.63. The van der Waals surface area contributed by atoms with E-state index in [1.165, 1.54) is 38.5 Å². The summed E-state index contributed by atoms with van der Waals surface area (Å²) in [5.74, 6) is 1.83. The molecule has 0 N–H and O–H groups in total. The van der Waals surface area contributed by atoms with Crippen molar-refractivity contribution >= 4 is 0 Å². The molecule has 0 nitrogen and oxygen atoms in total. The van der Waals surface area contributed by atoms with Crippen molar-refractivity contribution in [3.63, 3.8) is 0 Å². The fourth-order valence-electron chi connectivity index (χ4n) is 2.65. The second-order valence-electron chi connectivity index (χ2n) is 4.52. The van der Waals surface area contributed by atoms with Crippen LogP contribution in [0.4, 0.5) is 0 Å². The summed E-state index contributed by atoms with van der Waals surface area (Å²) < 4.78 is 0. The van der Waals surface area contributed by atoms with Gasteiger partial charge >= 0.3 is 0 Å². The second kappa shape index (κ2) is 4.13. The van der Waals surface area contributed by atoms with E-state index in [2.05, 4.69) is 25.2 Å². The minimum atomic E-state index is 0.831. The molecule has 0 amide bonds. The van der Waals surface area contributed by atoms with Crippen molar-refractivity contribution in [3.05, 3.63) is 23.8 Å². The standard InChI is InChI=1S/C13H20/c1-2-3-5-11-8-9-12-6-4-7-13(12)10-11/h4,6-7,11-12H,2-3,5,8-10H2,1H3. The van der Waals surface area contributed by atoms with E-state index in [9.17, 15) is 0 Å². The highest BCUT2D eigenvalue weighted by atomic mass is 14.3. The third-order valence-corrected chi connectivity index (χ3v) is 3.51. The first-order valence-corrected chi connectivity index (χ1v) is 5.77. The zero-order valence-electron chi connectivity index (χ0n) is 8.63. The number of rotatable bonds is 3. The van der Waals surface area contributed by atoms with Gasteiger partial charge in [-0.05, 0) is 31.1 Å². The van der Waals surface area contributed by atoms with Gasteiger partial charge in [0.15, 0.2) is 0 Å². The third kappa shape index (κ3) is 2.04. The van der Waals surface area contributed by atoms with Crippen LogP contribution < -0.4 is 0 Å². The molecule has 2 unspecified atom stereocenters. The van der Waals surface area contributed by atoms with Crippen LogP contribution >= 0.6 is 0 Å². The van der Waals surface area contributed by atoms with Crippen molar-refractivity contribution in [1.82, 2.24) is 0 Å². The Labute approximate surface area is 81.7 Å². The van der Waals surface area contributed by atoms with Gasteiger partial charge in [-0.3, -0.25) is 0 Å². The van der Waals surface area contributed by atoms with Crippen LogP contribution in [0, 0.1) is 11.8 Å². The first-order valence-electron chi connectivity index (χ1n) is 5.77. The van der Waals surface area contributed by atoms with E-state index in [0.717, 1.165) is 11.8 Å². The fraction of sp³-hybridized carbons (Fsp3) is 0.692. The number of unbranched alkanes of at least 4 members (excludes halogenated alkanes) is 1. The normalized spacial score (nSPS) is 31.6. The van der Waals surface area contributed by atoms with Crippen LogP contribution in [0.3, 0.4) is 0 Å². The molecule has 1 saturated carbocycles. The molecule has 72 valence electrons. The van der Waals surface area contributed by atoms with E-state index < -0.39 is 0 Å². The Morgan fingerprint density at radius 3 is 3.15 bits per heavy atom. The zero-order chi connectivity index (χ0) is 9.10. The van der Waals surface area contributed by atoms with Crippen LogP contribution in [-0.4, -0.2) is 0 Å². The van der Waals surface area contributed by atoms with Gasteiger partial charge in [-0.1, -0.05) is 50.0 Å². The van der Waals surface area contributed by atoms with Crippen molar-refractivity contribution in [2.24, 2.45) is 11.8 Å². The molecule has 0 saturated heterocycles. The highest BCUT2D eigenvalue weighted by Crippen LogP contribution is 2.38. The molecule has 2 rings (SSSR count). The molecule has 2 aliphatic rings. The van der Waals surface area contributed by atoms with Crippen LogP contribution in [0.5, 0.6) is 0 Å². The first kappa shape index (κ1) is 9.05. The number of allylic oxidation sites excluding steroid dienone is 4. The molecular formula is C13H20. The maximum absolute atomic E-state index is 2.38. The molecule has 2 aliphatic carbocycles. The Bertz CT molecular complexity index is 222. The lowest BCUT2D eigenvalue weighted by molar-refractivity contribution is 0.354. The van der Waals surface area contributed by atoms with Crippen LogP contribution in [0.2, 0.25) is 0 Å². The summed E-state index contributed by atoms with van der Waals surface area (Å²) in [5.41, 5.74) is 1.72. The number of hydrogen-bond donors (Lipinski definition) is 0. The summed E-state index contributed by atoms with van der Waals surface area (Å²) in [7, 11) is 0. The highest BCUT2D eigenvalue weighted by Gasteiger charge is 2.24. The summed E-state index contributed by atoms with van der Waals surface area (Å²) in [5, 5.41) is 0. The van der Waals surface area contributed by atoms with E-state index in [4.69, 9.17) is 0 Å². The van der Waals surface area contributed by atoms with Crippen molar-refractivity contribution in [2.75, 3.05) is 0 Å². The molecule has 0 bridgehead atoms. The van der Waals surface area contributed by atoms with Crippen LogP contribution in [0.1, 0.15) is 45.4 Å². The fourth-order valence-corrected chi connectivity index (χ4v) is 2.65. The summed E-state index contributed by atoms with van der Waals surface area (Å²) in [6, 6.07) is 0. The molecule has 0 heterocycles. The van der Waals surface area contributed by atoms with Crippen molar-refractivity contribution in [3.8, 4) is 0 Å². The Balaban J connectivity index is 1.84. The van der Waals surface area contributed by atoms with E-state index in [1.54, 1.807) is 5.57 Å². The average molecular weight is 176 g/mol. The smallest absolute Gasteiger partial charge is 0.00168 e. The topological polar surface area (TPSA) is 0 Å². The Morgan fingerprint density at radius 1 is 1.38 bits per heavy atom. The number of hydrogen-bond acceptors (Lipinski definition) is 0. The average Bonchev–Trinajstić information content (AvgIpc) is 2.61. The van der Waals surface area contributed by atoms with Crippen LogP contribution in [0.15, 0.2) is 23.8 Å². The summed E-state index contributed by atoms with van der Waals surface area (Å²) in [6.07, 6.45) is 15.5. The molecule has 0 radical (unpaired) electrons. The molecule has 1 fully saturated rings. The van der Waals surface area contributed by atoms with Gasteiger partial charge in [0.2, 0.25) is 0 Å². The van der Waals surface area contributed by atoms with E-state index >= 15 is 0 Å². The van der Waals surface area contributed by atoms with Crippen LogP contribution in [0.25, 0.3) is 0 Å². The lowest BCUT2D eigenvalue weighted by atomic mass is 9.78. The second-order valence-corrected chi connectivity index (χ2v) is 4.52. The number of fused-ring (bicyclic) bond motifs is 1. The lowest BCUT2D eigenvalue weighted by Gasteiger charge is -2.27. The van der Waals surface area contributed by atoms with E-state index in [1.807, 2.05) is 0 Å². The van der Waals surface area contributed by atoms with Crippen LogP contribution in [-0.2, 0) is 0 Å². The Kier molecular flexibility index (Phi) is 2.87. The largest absolute Gasteiger partial charge is 0.0773 e. The van der Waals surface area contributed by atoms with Crippen molar-refractivity contribution < 1.29 is 0 Å². The SMILES string of the molecule is CCCCC1CCC2C=CC=C2C1. The molecule has 2 atom stereocenters. The molecule has 0 aliphatic heterocycles. The Morgan fingerprint density at radius 2 is 2.31 bits per heavy atom. The molecular weight excluding hydrogens is 156 g/mol. The van der Waals surface area contributed by atoms with Gasteiger partial charge in [0.25, 0.3) is 0 Å². The van der Waals surface area contributed by atoms with Gasteiger partial charge in [-0.25, -0.2) is 0 Å². The van der Waals surface area contributed by atoms with Crippen molar-refractivity contribution in [1.29, 1.82) is 0 Å². The van der Waals surface area contributed by atoms with Gasteiger partial charge in [0.05, 0.1) is 0 Å². The maximum Gasteiger partial charge on any atom is -0.00168 e. The predicted octanol–water partition coefficient (Wildman–Crippen LogP) is 4.09. The summed E-state index contributed by atoms with van der Waals surface area (Å²) >= 11 is 0. The minimum absolute atomic E-state index is 0.831. The highest BCUT2D eigenvalue weighted by molar-refractivity contribution is 5.28. The Hall–Kier alpha value is -0.520. The first-order chi connectivity index (χ1) is 6.40. The molecule has 13 heavy (non-hydrogen) atoms. The van der Waals surface area contributed by atoms with Gasteiger partial charge in [-0.2, -0.15) is 0 Å². The van der Waals surface area contributed by atoms with E-state index in [0.29, 0.717) is 0 Å². The van der Waals surface area contributed by atoms with Gasteiger partial charge in [0.1, 0.15) is 0 Å². The third-order valence-electron chi connectivity index (χ3n) is 3.51. The van der Waals surface area contributed by atoms with Gasteiger partial charge < -0.3 is 0 Å². The van der Waals surface area contributed by atoms with Gasteiger partial charge in [0, 0.05) is 0 Å². The molecule has 0 aromatic carbocycles. The summed E-state index contributed by atoms with van der Waals surface area (Å²) in [4.78, 5) is 0. The molecule has 0 aromatic heterocycles. The molecule has 0 aromatic rings. The lowest BCUT2D eigenvalue weighted by Crippen LogP contribution is -2.14. The van der Waals surface area contributed by atoms with Crippen molar-refractivity contribution in [2.45, 2.75) is 45.4 Å². The minimum Gasteiger partial charge on any atom is -0.0773 e. The summed E-state index contributed by atoms with van der Waals surface area (Å²) in [6.45, 7) is 2.29. The maximum atomic E-state index is 2.38. The quantitative estimate of drug-likeness (QED) is 0.607. The van der Waals surface area contributed by atoms with Gasteiger partial charge in [-0.15, -0.1) is 0 Å².